The van der Waals surface area contributed by atoms with Crippen LogP contribution in [0.15, 0.2) is 60.7 Å². The van der Waals surface area contributed by atoms with Crippen LogP contribution in [0.3, 0.4) is 0 Å². The number of hydrogen-bond donors (Lipinski definition) is 1. The summed E-state index contributed by atoms with van der Waals surface area (Å²) >= 11 is 6.18. The van der Waals surface area contributed by atoms with E-state index in [1.165, 1.54) is 11.1 Å². The number of halogens is 1. The highest BCUT2D eigenvalue weighted by Crippen LogP contribution is 2.08. The second-order valence-corrected chi connectivity index (χ2v) is 6.97. The van der Waals surface area contributed by atoms with Crippen molar-refractivity contribution in [1.29, 1.82) is 0 Å². The summed E-state index contributed by atoms with van der Waals surface area (Å²) in [4.78, 5) is 0. The highest BCUT2D eigenvalue weighted by Gasteiger charge is 2.16. The normalized spacial score (nSPS) is 13.5. The van der Waals surface area contributed by atoms with Gasteiger partial charge in [0, 0.05) is 13.2 Å². The Labute approximate surface area is 161 Å². The van der Waals surface area contributed by atoms with Crippen LogP contribution in [0.2, 0.25) is 0 Å². The Hall–Kier alpha value is -1.39. The summed E-state index contributed by atoms with van der Waals surface area (Å²) < 4.78 is 11.1. The third kappa shape index (κ3) is 8.81. The molecule has 2 aromatic rings. The van der Waals surface area contributed by atoms with E-state index in [1.807, 2.05) is 36.4 Å². The quantitative estimate of drug-likeness (QED) is 0.419. The fourth-order valence-corrected chi connectivity index (χ4v) is 2.82. The van der Waals surface area contributed by atoms with Gasteiger partial charge in [0.1, 0.15) is 0 Å². The van der Waals surface area contributed by atoms with Crippen molar-refractivity contribution in [2.45, 2.75) is 37.2 Å². The van der Waals surface area contributed by atoms with Gasteiger partial charge in [-0.2, -0.15) is 0 Å². The molecule has 2 rings (SSSR count). The predicted molar refractivity (Wildman–Crippen MR) is 107 cm³/mol. The van der Waals surface area contributed by atoms with Gasteiger partial charge in [-0.1, -0.05) is 60.7 Å². The Morgan fingerprint density at radius 2 is 1.19 bits per heavy atom. The fraction of sp³-hybridized carbons (Fsp3) is 0.455. The molecule has 0 aliphatic carbocycles. The van der Waals surface area contributed by atoms with E-state index in [9.17, 15) is 5.11 Å². The van der Waals surface area contributed by atoms with E-state index in [0.717, 1.165) is 25.7 Å². The molecule has 0 aromatic heterocycles. The minimum atomic E-state index is -0.706. The van der Waals surface area contributed by atoms with Crippen molar-refractivity contribution >= 4 is 11.6 Å². The van der Waals surface area contributed by atoms with Crippen LogP contribution in [-0.4, -0.2) is 43.0 Å². The van der Waals surface area contributed by atoms with Crippen molar-refractivity contribution in [3.63, 3.8) is 0 Å². The van der Waals surface area contributed by atoms with Crippen molar-refractivity contribution in [2.24, 2.45) is 0 Å². The van der Waals surface area contributed by atoms with Crippen LogP contribution < -0.4 is 0 Å². The van der Waals surface area contributed by atoms with Crippen molar-refractivity contribution in [1.82, 2.24) is 0 Å². The van der Waals surface area contributed by atoms with E-state index in [1.54, 1.807) is 0 Å². The van der Waals surface area contributed by atoms with Crippen LogP contribution in [0, 0.1) is 0 Å². The van der Waals surface area contributed by atoms with Crippen LogP contribution in [0.4, 0.5) is 0 Å². The Kier molecular flexibility index (Phi) is 10.4. The van der Waals surface area contributed by atoms with Crippen molar-refractivity contribution < 1.29 is 14.6 Å². The van der Waals surface area contributed by atoms with Gasteiger partial charge in [-0.05, 0) is 36.8 Å². The number of aryl methyl sites for hydroxylation is 2. The molecular formula is C22H29ClO3. The molecule has 1 N–H and O–H groups in total. The van der Waals surface area contributed by atoms with E-state index in [2.05, 4.69) is 24.3 Å². The molecular weight excluding hydrogens is 348 g/mol. The molecule has 0 bridgehead atoms. The average Bonchev–Trinajstić information content (AvgIpc) is 2.68. The molecule has 4 heteroatoms. The number of hydrogen-bond acceptors (Lipinski definition) is 3. The second-order valence-electron chi connectivity index (χ2n) is 6.41. The Morgan fingerprint density at radius 3 is 1.69 bits per heavy atom. The lowest BCUT2D eigenvalue weighted by atomic mass is 10.1. The highest BCUT2D eigenvalue weighted by molar-refractivity contribution is 6.21. The SMILES string of the molecule is O[C@@H](COCCCc1ccccc1)[C@@H](Cl)COCCCc1ccccc1. The monoisotopic (exact) mass is 376 g/mol. The molecule has 26 heavy (non-hydrogen) atoms. The van der Waals surface area contributed by atoms with E-state index in [4.69, 9.17) is 21.1 Å². The van der Waals surface area contributed by atoms with Gasteiger partial charge in [-0.3, -0.25) is 0 Å². The van der Waals surface area contributed by atoms with Gasteiger partial charge in [-0.25, -0.2) is 0 Å². The molecule has 0 saturated carbocycles. The van der Waals surface area contributed by atoms with Crippen LogP contribution >= 0.6 is 11.6 Å². The van der Waals surface area contributed by atoms with Gasteiger partial charge in [0.25, 0.3) is 0 Å². The molecule has 0 spiro atoms. The van der Waals surface area contributed by atoms with Crippen molar-refractivity contribution in [2.75, 3.05) is 26.4 Å². The van der Waals surface area contributed by atoms with E-state index in [-0.39, 0.29) is 6.61 Å². The zero-order valence-electron chi connectivity index (χ0n) is 15.2. The van der Waals surface area contributed by atoms with E-state index >= 15 is 0 Å². The molecule has 2 atom stereocenters. The first kappa shape index (κ1) is 20.9. The minimum absolute atomic E-state index is 0.246. The molecule has 3 nitrogen and oxygen atoms in total. The lowest BCUT2D eigenvalue weighted by Gasteiger charge is -2.17. The minimum Gasteiger partial charge on any atom is -0.389 e. The lowest BCUT2D eigenvalue weighted by molar-refractivity contribution is 0.0156. The maximum atomic E-state index is 10.0. The number of aliphatic hydroxyl groups excluding tert-OH is 1. The van der Waals surface area contributed by atoms with E-state index < -0.39 is 11.5 Å². The summed E-state index contributed by atoms with van der Waals surface area (Å²) in [5, 5.41) is 9.59. The van der Waals surface area contributed by atoms with Gasteiger partial charge in [-0.15, -0.1) is 11.6 Å². The molecule has 0 saturated heterocycles. The van der Waals surface area contributed by atoms with Gasteiger partial charge in [0.05, 0.1) is 24.7 Å². The molecule has 0 aliphatic rings. The summed E-state index contributed by atoms with van der Waals surface area (Å²) in [5.41, 5.74) is 2.61. The Balaban J connectivity index is 1.46. The molecule has 2 aromatic carbocycles. The number of aliphatic hydroxyl groups is 1. The third-order valence-corrected chi connectivity index (χ3v) is 4.59. The van der Waals surface area contributed by atoms with Crippen molar-refractivity contribution in [3.8, 4) is 0 Å². The van der Waals surface area contributed by atoms with Gasteiger partial charge >= 0.3 is 0 Å². The average molecular weight is 377 g/mol. The standard InChI is InChI=1S/C22H29ClO3/c23-21(17-25-15-7-13-19-9-3-1-4-10-19)22(24)18-26-16-8-14-20-11-5-2-6-12-20/h1-6,9-12,21-22,24H,7-8,13-18H2/t21-,22-/m0/s1. The van der Waals surface area contributed by atoms with Crippen LogP contribution in [0.25, 0.3) is 0 Å². The topological polar surface area (TPSA) is 38.7 Å². The maximum absolute atomic E-state index is 10.0. The summed E-state index contributed by atoms with van der Waals surface area (Å²) in [6, 6.07) is 20.6. The second kappa shape index (κ2) is 12.9. The molecule has 0 radical (unpaired) electrons. The molecule has 0 amide bonds. The van der Waals surface area contributed by atoms with Crippen molar-refractivity contribution in [3.05, 3.63) is 71.8 Å². The van der Waals surface area contributed by atoms with Gasteiger partial charge in [0.2, 0.25) is 0 Å². The third-order valence-electron chi connectivity index (χ3n) is 4.18. The zero-order chi connectivity index (χ0) is 18.5. The smallest absolute Gasteiger partial charge is 0.0959 e. The maximum Gasteiger partial charge on any atom is 0.0959 e. The molecule has 0 fully saturated rings. The summed E-state index contributed by atoms with van der Waals surface area (Å²) in [6.45, 7) is 1.84. The molecule has 0 aliphatic heterocycles. The zero-order valence-corrected chi connectivity index (χ0v) is 16.0. The first-order valence-corrected chi connectivity index (χ1v) is 9.75. The predicted octanol–water partition coefficient (Wildman–Crippen LogP) is 4.25. The summed E-state index contributed by atoms with van der Waals surface area (Å²) in [6.07, 6.45) is 3.13. The van der Waals surface area contributed by atoms with Crippen LogP contribution in [0.1, 0.15) is 24.0 Å². The largest absolute Gasteiger partial charge is 0.389 e. The number of alkyl halides is 1. The molecule has 0 heterocycles. The van der Waals surface area contributed by atoms with E-state index in [0.29, 0.717) is 19.8 Å². The van der Waals surface area contributed by atoms with Gasteiger partial charge < -0.3 is 14.6 Å². The first-order valence-electron chi connectivity index (χ1n) is 9.31. The lowest BCUT2D eigenvalue weighted by Crippen LogP contribution is -2.30. The summed E-state index contributed by atoms with van der Waals surface area (Å²) in [7, 11) is 0. The number of benzene rings is 2. The Morgan fingerprint density at radius 1 is 0.731 bits per heavy atom. The first-order chi connectivity index (χ1) is 12.8. The number of ether oxygens (including phenoxy) is 2. The Bertz CT molecular complexity index is 523. The van der Waals surface area contributed by atoms with Crippen LogP contribution in [0.5, 0.6) is 0 Å². The molecule has 0 unspecified atom stereocenters. The number of rotatable bonds is 13. The highest BCUT2D eigenvalue weighted by atomic mass is 35.5. The summed E-state index contributed by atoms with van der Waals surface area (Å²) in [5.74, 6) is 0. The fourth-order valence-electron chi connectivity index (χ4n) is 2.66. The van der Waals surface area contributed by atoms with Gasteiger partial charge in [0.15, 0.2) is 0 Å². The van der Waals surface area contributed by atoms with Crippen LogP contribution in [-0.2, 0) is 22.3 Å². The molecule has 142 valence electrons.